The molecule has 4 nitrogen and oxygen atoms in total. The van der Waals surface area contributed by atoms with Crippen LogP contribution >= 0.6 is 0 Å². The van der Waals surface area contributed by atoms with Crippen LogP contribution in [0.15, 0.2) is 48.5 Å². The van der Waals surface area contributed by atoms with Gasteiger partial charge in [0.1, 0.15) is 5.75 Å². The molecule has 0 unspecified atom stereocenters. The maximum absolute atomic E-state index is 11.4. The molecule has 0 spiro atoms. The van der Waals surface area contributed by atoms with Gasteiger partial charge in [-0.1, -0.05) is 30.3 Å². The van der Waals surface area contributed by atoms with Gasteiger partial charge in [0, 0.05) is 29.1 Å². The van der Waals surface area contributed by atoms with E-state index >= 15 is 0 Å². The van der Waals surface area contributed by atoms with Gasteiger partial charge in [-0.3, -0.25) is 4.79 Å². The molecule has 0 saturated carbocycles. The first-order valence-electron chi connectivity index (χ1n) is 9.12. The average molecular weight is 349 g/mol. The zero-order valence-electron chi connectivity index (χ0n) is 14.9. The van der Waals surface area contributed by atoms with Crippen molar-refractivity contribution in [2.24, 2.45) is 0 Å². The van der Waals surface area contributed by atoms with Gasteiger partial charge in [-0.2, -0.15) is 0 Å². The summed E-state index contributed by atoms with van der Waals surface area (Å²) in [5.41, 5.74) is 4.89. The van der Waals surface area contributed by atoms with E-state index in [1.165, 1.54) is 22.2 Å². The maximum Gasteiger partial charge on any atom is 0.304 e. The highest BCUT2D eigenvalue weighted by Crippen LogP contribution is 2.41. The zero-order valence-corrected chi connectivity index (χ0v) is 14.9. The van der Waals surface area contributed by atoms with E-state index in [9.17, 15) is 9.90 Å². The number of carbonyl (C=O) groups is 1. The normalized spacial score (nSPS) is 16.4. The van der Waals surface area contributed by atoms with Crippen LogP contribution in [0.5, 0.6) is 5.75 Å². The summed E-state index contributed by atoms with van der Waals surface area (Å²) in [7, 11) is 1.68. The Bertz CT molecular complexity index is 943. The SMILES string of the molecule is COc1ccc2c(c1)c1c(n2Cc2ccccc2)[C@@H](CC(=O)O)CCC1. The Balaban J connectivity index is 1.91. The summed E-state index contributed by atoms with van der Waals surface area (Å²) in [5, 5.41) is 10.6. The Morgan fingerprint density at radius 2 is 2.04 bits per heavy atom. The molecule has 3 aromatic rings. The Hall–Kier alpha value is -2.75. The van der Waals surface area contributed by atoms with Crippen molar-refractivity contribution in [3.63, 3.8) is 0 Å². The number of hydrogen-bond donors (Lipinski definition) is 1. The summed E-state index contributed by atoms with van der Waals surface area (Å²) < 4.78 is 7.75. The molecule has 0 amide bonds. The number of benzene rings is 2. The number of aromatic nitrogens is 1. The number of aryl methyl sites for hydroxylation is 1. The van der Waals surface area contributed by atoms with E-state index in [0.29, 0.717) is 0 Å². The minimum absolute atomic E-state index is 0.0679. The number of nitrogens with zero attached hydrogens (tertiary/aromatic N) is 1. The number of methoxy groups -OCH3 is 1. The van der Waals surface area contributed by atoms with Crippen molar-refractivity contribution in [1.29, 1.82) is 0 Å². The topological polar surface area (TPSA) is 51.5 Å². The van der Waals surface area contributed by atoms with Crippen LogP contribution in [-0.4, -0.2) is 22.8 Å². The second kappa shape index (κ2) is 6.87. The third-order valence-electron chi connectivity index (χ3n) is 5.39. The van der Waals surface area contributed by atoms with Gasteiger partial charge in [-0.05, 0) is 48.6 Å². The van der Waals surface area contributed by atoms with E-state index in [4.69, 9.17) is 4.74 Å². The smallest absolute Gasteiger partial charge is 0.304 e. The van der Waals surface area contributed by atoms with Gasteiger partial charge >= 0.3 is 5.97 Å². The van der Waals surface area contributed by atoms with Crippen LogP contribution in [0.1, 0.15) is 42.0 Å². The van der Waals surface area contributed by atoms with Crippen molar-refractivity contribution in [2.45, 2.75) is 38.1 Å². The molecule has 1 N–H and O–H groups in total. The summed E-state index contributed by atoms with van der Waals surface area (Å²) in [5.74, 6) is 0.188. The van der Waals surface area contributed by atoms with Gasteiger partial charge < -0.3 is 14.4 Å². The minimum atomic E-state index is -0.725. The van der Waals surface area contributed by atoms with Crippen molar-refractivity contribution in [2.75, 3.05) is 7.11 Å². The number of hydrogen-bond acceptors (Lipinski definition) is 2. The van der Waals surface area contributed by atoms with Crippen molar-refractivity contribution in [1.82, 2.24) is 4.57 Å². The van der Waals surface area contributed by atoms with E-state index in [2.05, 4.69) is 28.8 Å². The van der Waals surface area contributed by atoms with Crippen LogP contribution in [0.3, 0.4) is 0 Å². The molecule has 0 aliphatic heterocycles. The Labute approximate surface area is 153 Å². The van der Waals surface area contributed by atoms with Gasteiger partial charge in [0.2, 0.25) is 0 Å². The summed E-state index contributed by atoms with van der Waals surface area (Å²) in [6.45, 7) is 0.759. The second-order valence-corrected chi connectivity index (χ2v) is 7.01. The molecule has 0 saturated heterocycles. The number of carboxylic acid groups (broad SMARTS) is 1. The van der Waals surface area contributed by atoms with Crippen LogP contribution in [-0.2, 0) is 17.8 Å². The van der Waals surface area contributed by atoms with Crippen molar-refractivity contribution in [3.8, 4) is 5.75 Å². The molecule has 1 aliphatic carbocycles. The average Bonchev–Trinajstić information content (AvgIpc) is 2.96. The molecule has 4 rings (SSSR count). The molecule has 1 aliphatic rings. The van der Waals surface area contributed by atoms with E-state index in [1.807, 2.05) is 24.3 Å². The van der Waals surface area contributed by atoms with Gasteiger partial charge in [-0.15, -0.1) is 0 Å². The van der Waals surface area contributed by atoms with Gasteiger partial charge in [0.05, 0.1) is 13.5 Å². The lowest BCUT2D eigenvalue weighted by atomic mass is 9.84. The lowest BCUT2D eigenvalue weighted by molar-refractivity contribution is -0.137. The fourth-order valence-corrected chi connectivity index (χ4v) is 4.29. The van der Waals surface area contributed by atoms with E-state index in [0.717, 1.165) is 37.1 Å². The fraction of sp³-hybridized carbons (Fsp3) is 0.318. The third-order valence-corrected chi connectivity index (χ3v) is 5.39. The molecule has 4 heteroatoms. The van der Waals surface area contributed by atoms with Crippen LogP contribution < -0.4 is 4.74 Å². The predicted molar refractivity (Wildman–Crippen MR) is 102 cm³/mol. The molecule has 26 heavy (non-hydrogen) atoms. The van der Waals surface area contributed by atoms with Crippen LogP contribution in [0.2, 0.25) is 0 Å². The molecule has 1 heterocycles. The molecule has 0 radical (unpaired) electrons. The fourth-order valence-electron chi connectivity index (χ4n) is 4.29. The quantitative estimate of drug-likeness (QED) is 0.733. The van der Waals surface area contributed by atoms with Gasteiger partial charge in [0.15, 0.2) is 0 Å². The summed E-state index contributed by atoms with van der Waals surface area (Å²) in [6.07, 6.45) is 3.15. The largest absolute Gasteiger partial charge is 0.497 e. The first-order chi connectivity index (χ1) is 12.7. The molecule has 1 atom stereocenters. The van der Waals surface area contributed by atoms with E-state index < -0.39 is 5.97 Å². The number of fused-ring (bicyclic) bond motifs is 3. The van der Waals surface area contributed by atoms with Crippen molar-refractivity contribution < 1.29 is 14.6 Å². The van der Waals surface area contributed by atoms with E-state index in [1.54, 1.807) is 7.11 Å². The lowest BCUT2D eigenvalue weighted by Crippen LogP contribution is -2.17. The van der Waals surface area contributed by atoms with Crippen LogP contribution in [0.4, 0.5) is 0 Å². The molecular formula is C22H23NO3. The van der Waals surface area contributed by atoms with Crippen molar-refractivity contribution >= 4 is 16.9 Å². The number of rotatable bonds is 5. The Kier molecular flexibility index (Phi) is 4.41. The molecule has 0 fully saturated rings. The first kappa shape index (κ1) is 16.7. The summed E-state index contributed by atoms with van der Waals surface area (Å²) in [4.78, 5) is 11.4. The first-order valence-corrected chi connectivity index (χ1v) is 9.12. The Morgan fingerprint density at radius 3 is 2.77 bits per heavy atom. The van der Waals surface area contributed by atoms with Gasteiger partial charge in [0.25, 0.3) is 0 Å². The number of carboxylic acids is 1. The maximum atomic E-state index is 11.4. The summed E-state index contributed by atoms with van der Waals surface area (Å²) in [6, 6.07) is 16.5. The van der Waals surface area contributed by atoms with Crippen LogP contribution in [0, 0.1) is 0 Å². The number of ether oxygens (including phenoxy) is 1. The molecule has 2 aromatic carbocycles. The predicted octanol–water partition coefficient (Wildman–Crippen LogP) is 4.59. The lowest BCUT2D eigenvalue weighted by Gasteiger charge is -2.24. The monoisotopic (exact) mass is 349 g/mol. The molecule has 0 bridgehead atoms. The minimum Gasteiger partial charge on any atom is -0.497 e. The number of aliphatic carboxylic acids is 1. The molecule has 1 aromatic heterocycles. The second-order valence-electron chi connectivity index (χ2n) is 7.01. The molecule has 134 valence electrons. The third kappa shape index (κ3) is 2.96. The zero-order chi connectivity index (χ0) is 18.1. The van der Waals surface area contributed by atoms with Crippen LogP contribution in [0.25, 0.3) is 10.9 Å². The van der Waals surface area contributed by atoms with Crippen molar-refractivity contribution in [3.05, 3.63) is 65.4 Å². The Morgan fingerprint density at radius 1 is 1.23 bits per heavy atom. The van der Waals surface area contributed by atoms with E-state index in [-0.39, 0.29) is 12.3 Å². The summed E-state index contributed by atoms with van der Waals surface area (Å²) >= 11 is 0. The van der Waals surface area contributed by atoms with Gasteiger partial charge in [-0.25, -0.2) is 0 Å². The highest BCUT2D eigenvalue weighted by atomic mass is 16.5. The highest BCUT2D eigenvalue weighted by Gasteiger charge is 2.29. The molecular weight excluding hydrogens is 326 g/mol. The highest BCUT2D eigenvalue weighted by molar-refractivity contribution is 5.88. The standard InChI is InChI=1S/C22H23NO3/c1-26-17-10-11-20-19(13-17)18-9-5-8-16(12-21(24)25)22(18)23(20)14-15-6-3-2-4-7-15/h2-4,6-7,10-11,13,16H,5,8-9,12,14H2,1H3,(H,24,25)/t16-/m1/s1.